The Hall–Kier alpha value is -4.07. The maximum absolute atomic E-state index is 14.4. The van der Waals surface area contributed by atoms with Gasteiger partial charge in [0.05, 0.1) is 24.1 Å². The van der Waals surface area contributed by atoms with Gasteiger partial charge in [0.15, 0.2) is 5.65 Å². The average molecular weight is 425 g/mol. The van der Waals surface area contributed by atoms with E-state index in [0.717, 1.165) is 42.0 Å². The number of anilines is 1. The minimum absolute atomic E-state index is 0.132. The van der Waals surface area contributed by atoms with E-state index in [1.807, 2.05) is 42.9 Å². The molecular weight excluding hydrogens is 405 g/mol. The second-order valence-electron chi connectivity index (χ2n) is 7.85. The van der Waals surface area contributed by atoms with Crippen LogP contribution in [0.3, 0.4) is 0 Å². The van der Waals surface area contributed by atoms with Gasteiger partial charge in [-0.05, 0) is 36.6 Å². The topological polar surface area (TPSA) is 64.1 Å². The van der Waals surface area contributed by atoms with E-state index in [1.54, 1.807) is 27.7 Å². The maximum Gasteiger partial charge on any atom is 0.183 e. The maximum atomic E-state index is 14.4. The first kappa shape index (κ1) is 18.7. The first-order chi connectivity index (χ1) is 15.8. The molecule has 0 radical (unpaired) electrons. The highest BCUT2D eigenvalue weighted by molar-refractivity contribution is 5.65. The molecule has 1 saturated heterocycles. The molecule has 5 aromatic rings. The quantitative estimate of drug-likeness (QED) is 0.425. The van der Waals surface area contributed by atoms with Gasteiger partial charge in [0.1, 0.15) is 17.3 Å². The molecular formula is C24H20FN7. The van der Waals surface area contributed by atoms with E-state index in [0.29, 0.717) is 11.3 Å². The summed E-state index contributed by atoms with van der Waals surface area (Å²) in [6.07, 6.45) is 10.9. The number of nitrogens with zero attached hydrogens (tertiary/aromatic N) is 7. The molecule has 7 nitrogen and oxygen atoms in total. The second-order valence-corrected chi connectivity index (χ2v) is 7.85. The van der Waals surface area contributed by atoms with Crippen molar-refractivity contribution in [2.75, 3.05) is 11.4 Å². The van der Waals surface area contributed by atoms with Crippen LogP contribution in [0.5, 0.6) is 0 Å². The van der Waals surface area contributed by atoms with Crippen LogP contribution >= 0.6 is 0 Å². The fourth-order valence-electron chi connectivity index (χ4n) is 4.37. The molecule has 6 rings (SSSR count). The Morgan fingerprint density at radius 2 is 1.84 bits per heavy atom. The normalized spacial score (nSPS) is 16.2. The summed E-state index contributed by atoms with van der Waals surface area (Å²) in [4.78, 5) is 11.3. The third-order valence-corrected chi connectivity index (χ3v) is 5.92. The average Bonchev–Trinajstić information content (AvgIpc) is 3.58. The summed E-state index contributed by atoms with van der Waals surface area (Å²) >= 11 is 0. The number of rotatable bonds is 4. The van der Waals surface area contributed by atoms with E-state index >= 15 is 0 Å². The molecule has 0 bridgehead atoms. The number of pyridine rings is 1. The van der Waals surface area contributed by atoms with E-state index in [-0.39, 0.29) is 11.9 Å². The Bertz CT molecular complexity index is 1390. The minimum Gasteiger partial charge on any atom is -0.348 e. The van der Waals surface area contributed by atoms with Gasteiger partial charge in [-0.15, -0.1) is 0 Å². The van der Waals surface area contributed by atoms with Crippen LogP contribution in [0.25, 0.3) is 22.5 Å². The van der Waals surface area contributed by atoms with Crippen molar-refractivity contribution in [3.63, 3.8) is 0 Å². The van der Waals surface area contributed by atoms with Crippen LogP contribution in [0.2, 0.25) is 0 Å². The molecule has 1 fully saturated rings. The van der Waals surface area contributed by atoms with Crippen molar-refractivity contribution < 1.29 is 4.39 Å². The van der Waals surface area contributed by atoms with Gasteiger partial charge in [0.2, 0.25) is 0 Å². The first-order valence-corrected chi connectivity index (χ1v) is 10.6. The molecule has 0 spiro atoms. The molecule has 0 amide bonds. The molecule has 158 valence electrons. The minimum atomic E-state index is -0.277. The summed E-state index contributed by atoms with van der Waals surface area (Å²) in [6.45, 7) is 0.799. The number of hydrogen-bond acceptors (Lipinski definition) is 5. The van der Waals surface area contributed by atoms with Crippen molar-refractivity contribution >= 4 is 11.5 Å². The fraction of sp³-hybridized carbons (Fsp3) is 0.167. The Morgan fingerprint density at radius 3 is 2.72 bits per heavy atom. The predicted octanol–water partition coefficient (Wildman–Crippen LogP) is 4.46. The lowest BCUT2D eigenvalue weighted by Crippen LogP contribution is -2.25. The monoisotopic (exact) mass is 425 g/mol. The second kappa shape index (κ2) is 7.56. The summed E-state index contributed by atoms with van der Waals surface area (Å²) in [5.74, 6) is 0.503. The van der Waals surface area contributed by atoms with E-state index in [1.165, 1.54) is 6.07 Å². The van der Waals surface area contributed by atoms with Crippen LogP contribution in [-0.4, -0.2) is 35.9 Å². The van der Waals surface area contributed by atoms with Crippen molar-refractivity contribution in [3.05, 3.63) is 91.0 Å². The summed E-state index contributed by atoms with van der Waals surface area (Å²) in [5, 5.41) is 8.98. The van der Waals surface area contributed by atoms with Crippen LogP contribution in [0.4, 0.5) is 10.2 Å². The highest BCUT2D eigenvalue weighted by atomic mass is 19.1. The third-order valence-electron chi connectivity index (χ3n) is 5.92. The zero-order chi connectivity index (χ0) is 21.5. The van der Waals surface area contributed by atoms with E-state index < -0.39 is 0 Å². The number of aromatic nitrogens is 6. The lowest BCUT2D eigenvalue weighted by molar-refractivity contribution is 0.562. The Morgan fingerprint density at radius 1 is 0.938 bits per heavy atom. The van der Waals surface area contributed by atoms with Crippen LogP contribution < -0.4 is 4.90 Å². The van der Waals surface area contributed by atoms with E-state index in [2.05, 4.69) is 32.2 Å². The predicted molar refractivity (Wildman–Crippen MR) is 119 cm³/mol. The van der Waals surface area contributed by atoms with Gasteiger partial charge in [-0.2, -0.15) is 10.2 Å². The van der Waals surface area contributed by atoms with E-state index in [4.69, 9.17) is 4.98 Å². The zero-order valence-corrected chi connectivity index (χ0v) is 17.2. The van der Waals surface area contributed by atoms with Crippen LogP contribution in [0.1, 0.15) is 24.6 Å². The Labute approximate surface area is 183 Å². The number of fused-ring (bicyclic) bond motifs is 1. The summed E-state index contributed by atoms with van der Waals surface area (Å²) < 4.78 is 18.0. The zero-order valence-electron chi connectivity index (χ0n) is 17.2. The van der Waals surface area contributed by atoms with Gasteiger partial charge < -0.3 is 4.90 Å². The van der Waals surface area contributed by atoms with Crippen LogP contribution in [0.15, 0.2) is 79.5 Å². The van der Waals surface area contributed by atoms with Crippen molar-refractivity contribution in [2.24, 2.45) is 0 Å². The van der Waals surface area contributed by atoms with E-state index in [9.17, 15) is 4.39 Å². The molecule has 0 N–H and O–H groups in total. The van der Waals surface area contributed by atoms with Crippen LogP contribution in [0, 0.1) is 5.82 Å². The molecule has 5 heterocycles. The van der Waals surface area contributed by atoms with Gasteiger partial charge in [-0.1, -0.05) is 30.3 Å². The molecule has 32 heavy (non-hydrogen) atoms. The van der Waals surface area contributed by atoms with Crippen molar-refractivity contribution in [1.29, 1.82) is 0 Å². The molecule has 1 aliphatic rings. The summed E-state index contributed by atoms with van der Waals surface area (Å²) in [6, 6.07) is 15.0. The third kappa shape index (κ3) is 3.11. The van der Waals surface area contributed by atoms with Gasteiger partial charge in [0.25, 0.3) is 0 Å². The first-order valence-electron chi connectivity index (χ1n) is 10.6. The van der Waals surface area contributed by atoms with Gasteiger partial charge in [0, 0.05) is 30.7 Å². The van der Waals surface area contributed by atoms with Crippen molar-refractivity contribution in [3.8, 4) is 16.8 Å². The fourth-order valence-corrected chi connectivity index (χ4v) is 4.37. The number of hydrogen-bond donors (Lipinski definition) is 0. The lowest BCUT2D eigenvalue weighted by Gasteiger charge is -2.25. The van der Waals surface area contributed by atoms with Crippen molar-refractivity contribution in [1.82, 2.24) is 29.4 Å². The Balaban J connectivity index is 1.38. The molecule has 1 aliphatic heterocycles. The number of benzene rings is 1. The molecule has 1 aromatic carbocycles. The summed E-state index contributed by atoms with van der Waals surface area (Å²) in [7, 11) is 0. The number of halogens is 1. The van der Waals surface area contributed by atoms with Crippen molar-refractivity contribution in [2.45, 2.75) is 18.9 Å². The van der Waals surface area contributed by atoms with Gasteiger partial charge in [-0.25, -0.2) is 18.6 Å². The van der Waals surface area contributed by atoms with Crippen LogP contribution in [-0.2, 0) is 0 Å². The molecule has 0 saturated carbocycles. The lowest BCUT2D eigenvalue weighted by atomic mass is 10.1. The summed E-state index contributed by atoms with van der Waals surface area (Å²) in [5.41, 5.74) is 4.07. The molecule has 0 aliphatic carbocycles. The highest BCUT2D eigenvalue weighted by Gasteiger charge is 2.30. The van der Waals surface area contributed by atoms with Gasteiger partial charge in [-0.3, -0.25) is 4.98 Å². The standard InChI is InChI=1S/C24H20FN7/c25-19-8-4-11-26-23(19)20-9-5-12-30(20)22-10-13-31-24(29-22)21(15-28-31)32-16-18(14-27-32)17-6-2-1-3-7-17/h1-4,6-8,10-11,13-16,20H,5,9,12H2. The molecule has 8 heteroatoms. The largest absolute Gasteiger partial charge is 0.348 e. The highest BCUT2D eigenvalue weighted by Crippen LogP contribution is 2.35. The SMILES string of the molecule is Fc1cccnc1C1CCCN1c1ccn2ncc(-n3cc(-c4ccccc4)cn3)c2n1. The van der Waals surface area contributed by atoms with Gasteiger partial charge >= 0.3 is 0 Å². The molecule has 1 unspecified atom stereocenters. The smallest absolute Gasteiger partial charge is 0.183 e. The molecule has 4 aromatic heterocycles. The Kier molecular flexibility index (Phi) is 4.41. The molecule has 1 atom stereocenters.